The Bertz CT molecular complexity index is 1770. The number of methoxy groups -OCH3 is 2. The number of hydrogen-bond acceptors (Lipinski definition) is 8. The van der Waals surface area contributed by atoms with E-state index in [1.165, 1.54) is 6.20 Å². The number of nitrogens with zero attached hydrogens (tertiary/aromatic N) is 4. The number of nitrogens with one attached hydrogen (secondary N) is 3. The maximum atomic E-state index is 13.2. The lowest BCUT2D eigenvalue weighted by Crippen LogP contribution is -2.41. The third-order valence-electron chi connectivity index (χ3n) is 8.49. The van der Waals surface area contributed by atoms with E-state index >= 15 is 0 Å². The number of ether oxygens (including phenoxy) is 3. The van der Waals surface area contributed by atoms with E-state index in [9.17, 15) is 14.4 Å². The van der Waals surface area contributed by atoms with Crippen molar-refractivity contribution < 1.29 is 28.6 Å². The molecular weight excluding hydrogens is 638 g/mol. The molecule has 3 N–H and O–H groups in total. The molecule has 1 aliphatic rings. The number of anilines is 2. The van der Waals surface area contributed by atoms with E-state index in [0.717, 1.165) is 43.8 Å². The lowest BCUT2D eigenvalue weighted by molar-refractivity contribution is -0.0144. The van der Waals surface area contributed by atoms with Gasteiger partial charge in [-0.15, -0.1) is 0 Å². The van der Waals surface area contributed by atoms with Gasteiger partial charge in [-0.25, -0.2) is 0 Å². The van der Waals surface area contributed by atoms with Gasteiger partial charge in [0.15, 0.2) is 0 Å². The van der Waals surface area contributed by atoms with E-state index in [0.29, 0.717) is 53.8 Å². The molecule has 4 aromatic rings. The first kappa shape index (κ1) is 36.1. The second kappa shape index (κ2) is 17.4. The third-order valence-corrected chi connectivity index (χ3v) is 8.49. The van der Waals surface area contributed by atoms with Gasteiger partial charge in [-0.2, -0.15) is 0 Å². The summed E-state index contributed by atoms with van der Waals surface area (Å²) < 4.78 is 19.4. The molecule has 1 aromatic carbocycles. The Hall–Kier alpha value is -5.24. The predicted octanol–water partition coefficient (Wildman–Crippen LogP) is 4.30. The van der Waals surface area contributed by atoms with Crippen molar-refractivity contribution in [3.63, 3.8) is 0 Å². The average Bonchev–Trinajstić information content (AvgIpc) is 3.69. The van der Waals surface area contributed by atoms with Crippen molar-refractivity contribution in [2.24, 2.45) is 14.1 Å². The van der Waals surface area contributed by atoms with Crippen LogP contribution >= 0.6 is 0 Å². The van der Waals surface area contributed by atoms with Crippen LogP contribution in [-0.4, -0.2) is 96.5 Å². The van der Waals surface area contributed by atoms with Gasteiger partial charge >= 0.3 is 0 Å². The highest BCUT2D eigenvalue weighted by Gasteiger charge is 2.21. The number of piperidine rings is 1. The molecule has 50 heavy (non-hydrogen) atoms. The third kappa shape index (κ3) is 9.91. The number of aromatic nitrogens is 3. The topological polar surface area (TPSA) is 141 Å². The van der Waals surface area contributed by atoms with Crippen LogP contribution in [0.1, 0.15) is 55.4 Å². The quantitative estimate of drug-likeness (QED) is 0.158. The molecule has 13 heteroatoms. The summed E-state index contributed by atoms with van der Waals surface area (Å²) in [5.74, 6) is -0.163. The maximum absolute atomic E-state index is 13.2. The van der Waals surface area contributed by atoms with Crippen molar-refractivity contribution in [3.8, 4) is 5.75 Å². The van der Waals surface area contributed by atoms with E-state index in [-0.39, 0.29) is 23.8 Å². The first-order valence-electron chi connectivity index (χ1n) is 16.6. The van der Waals surface area contributed by atoms with Gasteiger partial charge in [-0.1, -0.05) is 18.2 Å². The summed E-state index contributed by atoms with van der Waals surface area (Å²) in [5.41, 5.74) is 3.79. The highest BCUT2D eigenvalue weighted by Crippen LogP contribution is 2.19. The molecule has 4 heterocycles. The van der Waals surface area contributed by atoms with Crippen LogP contribution in [-0.2, 0) is 23.6 Å². The van der Waals surface area contributed by atoms with E-state index in [1.54, 1.807) is 74.1 Å². The Kier molecular flexibility index (Phi) is 12.6. The minimum absolute atomic E-state index is 0.217. The monoisotopic (exact) mass is 683 g/mol. The molecular formula is C37H45N7O6. The van der Waals surface area contributed by atoms with Crippen LogP contribution in [0.3, 0.4) is 0 Å². The van der Waals surface area contributed by atoms with Gasteiger partial charge < -0.3 is 44.2 Å². The molecule has 13 nitrogen and oxygen atoms in total. The van der Waals surface area contributed by atoms with E-state index in [1.807, 2.05) is 36.4 Å². The highest BCUT2D eigenvalue weighted by atomic mass is 16.5. The first-order valence-corrected chi connectivity index (χ1v) is 16.6. The average molecular weight is 684 g/mol. The minimum Gasteiger partial charge on any atom is -0.497 e. The molecule has 0 aliphatic carbocycles. The first-order chi connectivity index (χ1) is 24.2. The van der Waals surface area contributed by atoms with Gasteiger partial charge in [-0.3, -0.25) is 19.4 Å². The van der Waals surface area contributed by atoms with Crippen molar-refractivity contribution >= 4 is 41.2 Å². The predicted molar refractivity (Wildman–Crippen MR) is 193 cm³/mol. The van der Waals surface area contributed by atoms with Crippen LogP contribution in [0, 0.1) is 0 Å². The number of amides is 3. The molecule has 3 amide bonds. The van der Waals surface area contributed by atoms with Gasteiger partial charge in [0, 0.05) is 66.0 Å². The fourth-order valence-electron chi connectivity index (χ4n) is 5.67. The van der Waals surface area contributed by atoms with E-state index in [2.05, 4.69) is 25.8 Å². The van der Waals surface area contributed by atoms with E-state index < -0.39 is 0 Å². The highest BCUT2D eigenvalue weighted by molar-refractivity contribution is 6.07. The minimum atomic E-state index is -0.380. The number of benzene rings is 1. The largest absolute Gasteiger partial charge is 0.497 e. The van der Waals surface area contributed by atoms with Crippen LogP contribution in [0.2, 0.25) is 0 Å². The second-order valence-electron chi connectivity index (χ2n) is 12.1. The van der Waals surface area contributed by atoms with Crippen LogP contribution in [0.15, 0.2) is 67.1 Å². The Balaban J connectivity index is 1.08. The fourth-order valence-corrected chi connectivity index (χ4v) is 5.67. The van der Waals surface area contributed by atoms with Crippen molar-refractivity contribution in [3.05, 3.63) is 95.3 Å². The summed E-state index contributed by atoms with van der Waals surface area (Å²) in [7, 11) is 6.77. The van der Waals surface area contributed by atoms with Crippen LogP contribution in [0.25, 0.3) is 12.2 Å². The summed E-state index contributed by atoms with van der Waals surface area (Å²) >= 11 is 0. The molecule has 1 saturated heterocycles. The van der Waals surface area contributed by atoms with E-state index in [4.69, 9.17) is 14.2 Å². The normalized spacial score (nSPS) is 13.8. The molecule has 1 aliphatic heterocycles. The summed E-state index contributed by atoms with van der Waals surface area (Å²) in [6.07, 6.45) is 10.8. The summed E-state index contributed by atoms with van der Waals surface area (Å²) in [6, 6.07) is 14.3. The molecule has 0 saturated carbocycles. The molecule has 0 atom stereocenters. The van der Waals surface area contributed by atoms with Crippen molar-refractivity contribution in [1.29, 1.82) is 0 Å². The molecule has 0 spiro atoms. The Morgan fingerprint density at radius 3 is 2.12 bits per heavy atom. The molecule has 0 radical (unpaired) electrons. The second-order valence-corrected chi connectivity index (χ2v) is 12.1. The number of carbonyl (C=O) groups is 3. The van der Waals surface area contributed by atoms with Crippen molar-refractivity contribution in [1.82, 2.24) is 24.3 Å². The zero-order valence-corrected chi connectivity index (χ0v) is 29.0. The number of carbonyl (C=O) groups excluding carboxylic acids is 3. The SMILES string of the molecule is COCCOC1CCN(CCNC(=O)c2cc(NC(=O)c3cc(NC(=O)c4ccc(/C=C/c5ccc(OC)cc5)nc4)cn3C)cn2C)CC1. The van der Waals surface area contributed by atoms with Crippen molar-refractivity contribution in [2.45, 2.75) is 18.9 Å². The Morgan fingerprint density at radius 1 is 0.840 bits per heavy atom. The Morgan fingerprint density at radius 2 is 1.50 bits per heavy atom. The number of likely N-dealkylation sites (tertiary alicyclic amines) is 1. The van der Waals surface area contributed by atoms with Gasteiger partial charge in [-0.05, 0) is 60.9 Å². The van der Waals surface area contributed by atoms with Gasteiger partial charge in [0.2, 0.25) is 0 Å². The summed E-state index contributed by atoms with van der Waals surface area (Å²) in [4.78, 5) is 45.7. The number of hydrogen-bond donors (Lipinski definition) is 3. The van der Waals surface area contributed by atoms with Crippen LogP contribution in [0.4, 0.5) is 11.4 Å². The summed E-state index contributed by atoms with van der Waals surface area (Å²) in [5, 5.41) is 8.67. The molecule has 3 aromatic heterocycles. The molecule has 0 unspecified atom stereocenters. The molecule has 1 fully saturated rings. The zero-order valence-electron chi connectivity index (χ0n) is 29.0. The number of aryl methyl sites for hydroxylation is 2. The van der Waals surface area contributed by atoms with Gasteiger partial charge in [0.05, 0.1) is 49.1 Å². The standard InChI is InChI=1S/C37H45N7O6/c1-42-25-30(21-33(42)36(46)38-15-18-44-16-13-32(14-17-44)50-20-19-48-3)41-37(47)34-22-29(24-43(34)2)40-35(45)27-8-10-28(39-23-27)9-5-26-6-11-31(49-4)12-7-26/h5-12,21-25,32H,13-20H2,1-4H3,(H,38,46)(H,40,45)(H,41,47)/b9-5+. The maximum Gasteiger partial charge on any atom is 0.272 e. The molecule has 0 bridgehead atoms. The number of rotatable bonds is 15. The number of pyridine rings is 1. The summed E-state index contributed by atoms with van der Waals surface area (Å²) in [6.45, 7) is 4.33. The lowest BCUT2D eigenvalue weighted by atomic mass is 10.1. The zero-order chi connectivity index (χ0) is 35.5. The Labute approximate surface area is 292 Å². The lowest BCUT2D eigenvalue weighted by Gasteiger charge is -2.31. The van der Waals surface area contributed by atoms with Gasteiger partial charge in [0.1, 0.15) is 17.1 Å². The van der Waals surface area contributed by atoms with Crippen molar-refractivity contribution in [2.75, 3.05) is 64.2 Å². The smallest absolute Gasteiger partial charge is 0.272 e. The van der Waals surface area contributed by atoms with Crippen LogP contribution in [0.5, 0.6) is 5.75 Å². The van der Waals surface area contributed by atoms with Gasteiger partial charge in [0.25, 0.3) is 17.7 Å². The fraction of sp³-hybridized carbons (Fsp3) is 0.351. The van der Waals surface area contributed by atoms with Crippen LogP contribution < -0.4 is 20.7 Å². The molecule has 264 valence electrons. The molecule has 5 rings (SSSR count).